The quantitative estimate of drug-likeness (QED) is 0.180. The van der Waals surface area contributed by atoms with E-state index in [9.17, 15) is 4.79 Å². The molecule has 0 aliphatic heterocycles. The Kier molecular flexibility index (Phi) is 7.46. The van der Waals surface area contributed by atoms with Crippen LogP contribution in [0, 0.1) is 0 Å². The zero-order chi connectivity index (χ0) is 26.3. The second-order valence-electron chi connectivity index (χ2n) is 8.91. The molecule has 0 unspecified atom stereocenters. The number of hydrazone groups is 1. The Labute approximate surface area is 222 Å². The molecule has 5 aromatic rings. The zero-order valence-corrected chi connectivity index (χ0v) is 21.3. The van der Waals surface area contributed by atoms with E-state index in [1.807, 2.05) is 91.9 Å². The van der Waals surface area contributed by atoms with Gasteiger partial charge in [-0.05, 0) is 70.8 Å². The summed E-state index contributed by atoms with van der Waals surface area (Å²) in [5.41, 5.74) is 7.97. The Morgan fingerprint density at radius 3 is 2.24 bits per heavy atom. The Bertz CT molecular complexity index is 1590. The summed E-state index contributed by atoms with van der Waals surface area (Å²) in [6, 6.07) is 37.5. The molecule has 0 atom stereocenters. The summed E-state index contributed by atoms with van der Waals surface area (Å²) in [4.78, 5) is 12.7. The van der Waals surface area contributed by atoms with Crippen molar-refractivity contribution in [1.29, 1.82) is 0 Å². The van der Waals surface area contributed by atoms with Crippen LogP contribution in [0.5, 0.6) is 11.5 Å². The second-order valence-corrected chi connectivity index (χ2v) is 8.91. The highest BCUT2D eigenvalue weighted by atomic mass is 16.5. The number of ether oxygens (including phenoxy) is 2. The van der Waals surface area contributed by atoms with Gasteiger partial charge in [0.15, 0.2) is 0 Å². The number of amides is 1. The summed E-state index contributed by atoms with van der Waals surface area (Å²) < 4.78 is 11.4. The molecule has 0 aliphatic carbocycles. The monoisotopic (exact) mass is 500 g/mol. The van der Waals surface area contributed by atoms with Gasteiger partial charge in [-0.2, -0.15) is 5.10 Å². The number of para-hydroxylation sites is 1. The summed E-state index contributed by atoms with van der Waals surface area (Å²) in [7, 11) is 1.66. The molecule has 188 valence electrons. The van der Waals surface area contributed by atoms with Crippen molar-refractivity contribution in [3.05, 3.63) is 132 Å². The largest absolute Gasteiger partial charge is 0.497 e. The van der Waals surface area contributed by atoms with Crippen molar-refractivity contribution in [2.75, 3.05) is 7.11 Å². The maximum atomic E-state index is 12.7. The van der Waals surface area contributed by atoms with Gasteiger partial charge in [0, 0.05) is 11.1 Å². The number of carbonyl (C=O) groups excluding carboxylic acids is 1. The van der Waals surface area contributed by atoms with Gasteiger partial charge in [-0.15, -0.1) is 0 Å². The third-order valence-electron chi connectivity index (χ3n) is 6.37. The van der Waals surface area contributed by atoms with Crippen LogP contribution in [0.2, 0.25) is 0 Å². The van der Waals surface area contributed by atoms with Gasteiger partial charge in [0.1, 0.15) is 18.1 Å². The van der Waals surface area contributed by atoms with E-state index in [2.05, 4.69) is 28.7 Å². The molecular formula is C33H28N2O3. The van der Waals surface area contributed by atoms with Crippen molar-refractivity contribution >= 4 is 22.4 Å². The number of nitrogens with zero attached hydrogens (tertiary/aromatic N) is 1. The van der Waals surface area contributed by atoms with E-state index in [1.165, 1.54) is 0 Å². The molecule has 0 radical (unpaired) electrons. The molecule has 0 aliphatic rings. The van der Waals surface area contributed by atoms with E-state index in [0.717, 1.165) is 50.2 Å². The molecule has 5 nitrogen and oxygen atoms in total. The smallest absolute Gasteiger partial charge is 0.271 e. The van der Waals surface area contributed by atoms with Gasteiger partial charge in [0.25, 0.3) is 5.91 Å². The van der Waals surface area contributed by atoms with Crippen LogP contribution in [-0.4, -0.2) is 18.7 Å². The standard InChI is InChI=1S/C33H28N2O3/c1-23(27-16-17-29-21-30(37-2)19-18-28(29)20-27)34-35-33(36)26-14-12-24(13-15-26)22-38-32-11-7-6-10-31(32)25-8-4-3-5-9-25/h3-21H,22H2,1-2H3,(H,35,36). The first-order valence-electron chi connectivity index (χ1n) is 12.4. The summed E-state index contributed by atoms with van der Waals surface area (Å²) in [6.07, 6.45) is 0. The van der Waals surface area contributed by atoms with Gasteiger partial charge in [-0.3, -0.25) is 4.79 Å². The minimum atomic E-state index is -0.267. The number of nitrogens with one attached hydrogen (secondary N) is 1. The Morgan fingerprint density at radius 2 is 1.45 bits per heavy atom. The highest BCUT2D eigenvalue weighted by Crippen LogP contribution is 2.30. The summed E-state index contributed by atoms with van der Waals surface area (Å²) >= 11 is 0. The molecule has 0 saturated carbocycles. The maximum Gasteiger partial charge on any atom is 0.271 e. The number of hydrogen-bond donors (Lipinski definition) is 1. The molecule has 0 aromatic heterocycles. The van der Waals surface area contributed by atoms with Crippen LogP contribution in [0.3, 0.4) is 0 Å². The molecule has 0 saturated heterocycles. The number of methoxy groups -OCH3 is 1. The van der Waals surface area contributed by atoms with Crippen molar-refractivity contribution in [2.24, 2.45) is 5.10 Å². The fourth-order valence-corrected chi connectivity index (χ4v) is 4.20. The highest BCUT2D eigenvalue weighted by Gasteiger charge is 2.08. The van der Waals surface area contributed by atoms with E-state index in [0.29, 0.717) is 12.2 Å². The van der Waals surface area contributed by atoms with E-state index in [-0.39, 0.29) is 5.91 Å². The van der Waals surface area contributed by atoms with Crippen molar-refractivity contribution < 1.29 is 14.3 Å². The number of rotatable bonds is 8. The molecule has 38 heavy (non-hydrogen) atoms. The van der Waals surface area contributed by atoms with Crippen molar-refractivity contribution in [3.8, 4) is 22.6 Å². The van der Waals surface area contributed by atoms with Gasteiger partial charge < -0.3 is 9.47 Å². The van der Waals surface area contributed by atoms with Crippen LogP contribution in [0.25, 0.3) is 21.9 Å². The lowest BCUT2D eigenvalue weighted by Gasteiger charge is -2.12. The molecule has 5 aromatic carbocycles. The fourth-order valence-electron chi connectivity index (χ4n) is 4.20. The topological polar surface area (TPSA) is 59.9 Å². The van der Waals surface area contributed by atoms with Gasteiger partial charge in [0.05, 0.1) is 12.8 Å². The van der Waals surface area contributed by atoms with E-state index in [1.54, 1.807) is 19.2 Å². The van der Waals surface area contributed by atoms with Crippen molar-refractivity contribution in [1.82, 2.24) is 5.43 Å². The van der Waals surface area contributed by atoms with Crippen LogP contribution in [-0.2, 0) is 6.61 Å². The van der Waals surface area contributed by atoms with E-state index in [4.69, 9.17) is 9.47 Å². The minimum absolute atomic E-state index is 0.267. The summed E-state index contributed by atoms with van der Waals surface area (Å²) in [5.74, 6) is 1.37. The SMILES string of the molecule is COc1ccc2cc(C(C)=NNC(=O)c3ccc(COc4ccccc4-c4ccccc4)cc3)ccc2c1. The van der Waals surface area contributed by atoms with Crippen LogP contribution >= 0.6 is 0 Å². The van der Waals surface area contributed by atoms with Crippen LogP contribution < -0.4 is 14.9 Å². The van der Waals surface area contributed by atoms with Gasteiger partial charge >= 0.3 is 0 Å². The molecule has 5 rings (SSSR count). The highest BCUT2D eigenvalue weighted by molar-refractivity contribution is 6.03. The first-order valence-corrected chi connectivity index (χ1v) is 12.4. The fraction of sp³-hybridized carbons (Fsp3) is 0.0909. The molecule has 1 amide bonds. The first-order chi connectivity index (χ1) is 18.6. The lowest BCUT2D eigenvalue weighted by Crippen LogP contribution is -2.19. The average molecular weight is 501 g/mol. The van der Waals surface area contributed by atoms with Crippen LogP contribution in [0.15, 0.2) is 120 Å². The normalized spacial score (nSPS) is 11.3. The first kappa shape index (κ1) is 24.8. The van der Waals surface area contributed by atoms with Crippen LogP contribution in [0.4, 0.5) is 0 Å². The van der Waals surface area contributed by atoms with Gasteiger partial charge in [-0.25, -0.2) is 5.43 Å². The predicted octanol–water partition coefficient (Wildman–Crippen LogP) is 7.25. The summed E-state index contributed by atoms with van der Waals surface area (Å²) in [5, 5.41) is 6.47. The molecule has 0 spiro atoms. The van der Waals surface area contributed by atoms with Crippen molar-refractivity contribution in [3.63, 3.8) is 0 Å². The number of fused-ring (bicyclic) bond motifs is 1. The maximum absolute atomic E-state index is 12.7. The lowest BCUT2D eigenvalue weighted by atomic mass is 10.0. The molecular weight excluding hydrogens is 472 g/mol. The third kappa shape index (κ3) is 5.73. The van der Waals surface area contributed by atoms with Crippen LogP contribution in [0.1, 0.15) is 28.4 Å². The summed E-state index contributed by atoms with van der Waals surface area (Å²) in [6.45, 7) is 2.27. The Morgan fingerprint density at radius 1 is 0.763 bits per heavy atom. The molecule has 0 bridgehead atoms. The third-order valence-corrected chi connectivity index (χ3v) is 6.37. The molecule has 0 heterocycles. The Balaban J connectivity index is 1.21. The molecule has 5 heteroatoms. The zero-order valence-electron chi connectivity index (χ0n) is 21.3. The van der Waals surface area contributed by atoms with E-state index >= 15 is 0 Å². The molecule has 1 N–H and O–H groups in total. The molecule has 0 fully saturated rings. The number of carbonyl (C=O) groups is 1. The lowest BCUT2D eigenvalue weighted by molar-refractivity contribution is 0.0954. The van der Waals surface area contributed by atoms with Gasteiger partial charge in [0.2, 0.25) is 0 Å². The van der Waals surface area contributed by atoms with Crippen molar-refractivity contribution in [2.45, 2.75) is 13.5 Å². The predicted molar refractivity (Wildman–Crippen MR) is 153 cm³/mol. The minimum Gasteiger partial charge on any atom is -0.497 e. The van der Waals surface area contributed by atoms with E-state index < -0.39 is 0 Å². The number of benzene rings is 5. The average Bonchev–Trinajstić information content (AvgIpc) is 2.99. The number of hydrogen-bond acceptors (Lipinski definition) is 4. The second kappa shape index (κ2) is 11.4. The Hall–Kier alpha value is -4.90. The van der Waals surface area contributed by atoms with Gasteiger partial charge in [-0.1, -0.05) is 78.9 Å².